The molecule has 1 saturated heterocycles. The van der Waals surface area contributed by atoms with Crippen molar-refractivity contribution >= 4 is 21.7 Å². The molecule has 0 saturated carbocycles. The van der Waals surface area contributed by atoms with E-state index in [-0.39, 0.29) is 30.5 Å². The van der Waals surface area contributed by atoms with Gasteiger partial charge in [0.1, 0.15) is 5.75 Å². The normalized spacial score (nSPS) is 18.8. The SMILES string of the molecule is Cc1ccc(OCC(=O)NNC(=O)CC2CCS(=O)(=O)C2)cc1C. The second-order valence-corrected chi connectivity index (χ2v) is 8.33. The third-order valence-electron chi connectivity index (χ3n) is 3.99. The molecule has 1 fully saturated rings. The number of hydrogen-bond donors (Lipinski definition) is 2. The number of rotatable bonds is 5. The van der Waals surface area contributed by atoms with Gasteiger partial charge in [0.15, 0.2) is 16.4 Å². The van der Waals surface area contributed by atoms with E-state index in [1.54, 1.807) is 6.07 Å². The quantitative estimate of drug-likeness (QED) is 0.756. The topological polar surface area (TPSA) is 102 Å². The Morgan fingerprint density at radius 3 is 2.50 bits per heavy atom. The van der Waals surface area contributed by atoms with E-state index in [1.807, 2.05) is 26.0 Å². The van der Waals surface area contributed by atoms with Gasteiger partial charge in [-0.1, -0.05) is 6.07 Å². The maximum absolute atomic E-state index is 11.7. The number of hydrogen-bond acceptors (Lipinski definition) is 5. The highest BCUT2D eigenvalue weighted by Gasteiger charge is 2.29. The van der Waals surface area contributed by atoms with Crippen LogP contribution in [0.3, 0.4) is 0 Å². The first-order valence-corrected chi connectivity index (χ1v) is 9.55. The average molecular weight is 354 g/mol. The maximum atomic E-state index is 11.7. The van der Waals surface area contributed by atoms with Crippen molar-refractivity contribution in [2.45, 2.75) is 26.7 Å². The van der Waals surface area contributed by atoms with Crippen molar-refractivity contribution in [3.8, 4) is 5.75 Å². The van der Waals surface area contributed by atoms with Crippen molar-refractivity contribution < 1.29 is 22.7 Å². The number of aryl methyl sites for hydroxylation is 2. The monoisotopic (exact) mass is 354 g/mol. The molecule has 2 N–H and O–H groups in total. The van der Waals surface area contributed by atoms with Crippen LogP contribution >= 0.6 is 0 Å². The summed E-state index contributed by atoms with van der Waals surface area (Å²) < 4.78 is 28.0. The number of benzene rings is 1. The summed E-state index contributed by atoms with van der Waals surface area (Å²) in [7, 11) is -3.01. The van der Waals surface area contributed by atoms with Crippen LogP contribution in [0.15, 0.2) is 18.2 Å². The van der Waals surface area contributed by atoms with E-state index in [4.69, 9.17) is 4.74 Å². The molecule has 2 rings (SSSR count). The van der Waals surface area contributed by atoms with Crippen LogP contribution in [0, 0.1) is 19.8 Å². The van der Waals surface area contributed by atoms with Crippen molar-refractivity contribution in [2.75, 3.05) is 18.1 Å². The molecule has 24 heavy (non-hydrogen) atoms. The zero-order valence-corrected chi connectivity index (χ0v) is 14.6. The lowest BCUT2D eigenvalue weighted by Crippen LogP contribution is -2.44. The fraction of sp³-hybridized carbons (Fsp3) is 0.500. The Hall–Kier alpha value is -2.09. The summed E-state index contributed by atoms with van der Waals surface area (Å²) in [4.78, 5) is 23.4. The smallest absolute Gasteiger partial charge is 0.276 e. The van der Waals surface area contributed by atoms with Crippen LogP contribution in [0.2, 0.25) is 0 Å². The summed E-state index contributed by atoms with van der Waals surface area (Å²) in [6.45, 7) is 3.71. The molecule has 1 aromatic rings. The minimum absolute atomic E-state index is 0.0320. The van der Waals surface area contributed by atoms with Gasteiger partial charge < -0.3 is 4.74 Å². The Bertz CT molecular complexity index is 730. The first-order valence-electron chi connectivity index (χ1n) is 7.73. The zero-order valence-electron chi connectivity index (χ0n) is 13.8. The molecule has 7 nitrogen and oxygen atoms in total. The summed E-state index contributed by atoms with van der Waals surface area (Å²) in [5, 5.41) is 0. The van der Waals surface area contributed by atoms with E-state index in [9.17, 15) is 18.0 Å². The van der Waals surface area contributed by atoms with Crippen LogP contribution in [0.4, 0.5) is 0 Å². The van der Waals surface area contributed by atoms with E-state index >= 15 is 0 Å². The fourth-order valence-corrected chi connectivity index (χ4v) is 4.34. The molecular weight excluding hydrogens is 332 g/mol. The van der Waals surface area contributed by atoms with Crippen molar-refractivity contribution in [3.63, 3.8) is 0 Å². The van der Waals surface area contributed by atoms with Crippen molar-refractivity contribution in [2.24, 2.45) is 5.92 Å². The lowest BCUT2D eigenvalue weighted by molar-refractivity contribution is -0.130. The molecule has 0 aliphatic carbocycles. The number of carbonyl (C=O) groups is 2. The molecule has 1 aliphatic rings. The Morgan fingerprint density at radius 1 is 1.17 bits per heavy atom. The van der Waals surface area contributed by atoms with E-state index < -0.39 is 21.7 Å². The van der Waals surface area contributed by atoms with E-state index in [1.165, 1.54) is 0 Å². The third-order valence-corrected chi connectivity index (χ3v) is 5.83. The average Bonchev–Trinajstić information content (AvgIpc) is 2.85. The molecule has 1 aromatic carbocycles. The Balaban J connectivity index is 1.69. The Kier molecular flexibility index (Phi) is 5.82. The minimum Gasteiger partial charge on any atom is -0.484 e. The van der Waals surface area contributed by atoms with Crippen LogP contribution < -0.4 is 15.6 Å². The molecule has 132 valence electrons. The third kappa shape index (κ3) is 5.52. The van der Waals surface area contributed by atoms with Gasteiger partial charge in [0.25, 0.3) is 5.91 Å². The Labute approximate surface area is 141 Å². The van der Waals surface area contributed by atoms with Crippen LogP contribution in [0.25, 0.3) is 0 Å². The van der Waals surface area contributed by atoms with Gasteiger partial charge in [0.2, 0.25) is 5.91 Å². The maximum Gasteiger partial charge on any atom is 0.276 e. The first kappa shape index (κ1) is 18.3. The standard InChI is InChI=1S/C16H22N2O5S/c1-11-3-4-14(7-12(11)2)23-9-16(20)18-17-15(19)8-13-5-6-24(21,22)10-13/h3-4,7,13H,5-6,8-10H2,1-2H3,(H,17,19)(H,18,20). The van der Waals surface area contributed by atoms with Gasteiger partial charge in [-0.05, 0) is 49.4 Å². The molecule has 1 heterocycles. The van der Waals surface area contributed by atoms with Crippen molar-refractivity contribution in [3.05, 3.63) is 29.3 Å². The minimum atomic E-state index is -3.01. The number of hydrazine groups is 1. The van der Waals surface area contributed by atoms with Gasteiger partial charge in [-0.25, -0.2) is 8.42 Å². The molecule has 1 atom stereocenters. The molecule has 1 unspecified atom stereocenters. The van der Waals surface area contributed by atoms with Crippen LogP contribution in [0.5, 0.6) is 5.75 Å². The van der Waals surface area contributed by atoms with Gasteiger partial charge in [-0.3, -0.25) is 20.4 Å². The highest BCUT2D eigenvalue weighted by Crippen LogP contribution is 2.21. The van der Waals surface area contributed by atoms with Crippen LogP contribution in [-0.2, 0) is 19.4 Å². The van der Waals surface area contributed by atoms with Crippen LogP contribution in [0.1, 0.15) is 24.0 Å². The Morgan fingerprint density at radius 2 is 1.88 bits per heavy atom. The van der Waals surface area contributed by atoms with E-state index in [0.29, 0.717) is 12.2 Å². The lowest BCUT2D eigenvalue weighted by atomic mass is 10.1. The number of nitrogens with one attached hydrogen (secondary N) is 2. The fourth-order valence-electron chi connectivity index (χ4n) is 2.47. The molecule has 0 spiro atoms. The number of ether oxygens (including phenoxy) is 1. The van der Waals surface area contributed by atoms with Gasteiger partial charge in [-0.15, -0.1) is 0 Å². The molecule has 0 radical (unpaired) electrons. The van der Waals surface area contributed by atoms with Crippen LogP contribution in [-0.4, -0.2) is 38.3 Å². The van der Waals surface area contributed by atoms with E-state index in [2.05, 4.69) is 10.9 Å². The summed E-state index contributed by atoms with van der Waals surface area (Å²) in [5.74, 6) is -0.336. The van der Waals surface area contributed by atoms with Crippen molar-refractivity contribution in [1.82, 2.24) is 10.9 Å². The predicted octanol–water partition coefficient (Wildman–Crippen LogP) is 0.654. The second-order valence-electron chi connectivity index (χ2n) is 6.10. The predicted molar refractivity (Wildman–Crippen MR) is 89.1 cm³/mol. The largest absolute Gasteiger partial charge is 0.484 e. The molecular formula is C16H22N2O5S. The number of sulfone groups is 1. The summed E-state index contributed by atoms with van der Waals surface area (Å²) in [6, 6.07) is 5.51. The first-order chi connectivity index (χ1) is 11.2. The number of amides is 2. The summed E-state index contributed by atoms with van der Waals surface area (Å²) in [6.07, 6.45) is 0.567. The van der Waals surface area contributed by atoms with Crippen molar-refractivity contribution in [1.29, 1.82) is 0 Å². The van der Waals surface area contributed by atoms with Gasteiger partial charge in [0, 0.05) is 6.42 Å². The zero-order chi connectivity index (χ0) is 17.7. The summed E-state index contributed by atoms with van der Waals surface area (Å²) in [5.41, 5.74) is 6.74. The highest BCUT2D eigenvalue weighted by atomic mass is 32.2. The van der Waals surface area contributed by atoms with Gasteiger partial charge >= 0.3 is 0 Å². The number of carbonyl (C=O) groups excluding carboxylic acids is 2. The molecule has 2 amide bonds. The molecule has 8 heteroatoms. The van der Waals surface area contributed by atoms with E-state index in [0.717, 1.165) is 11.1 Å². The molecule has 0 bridgehead atoms. The molecule has 1 aliphatic heterocycles. The van der Waals surface area contributed by atoms with Gasteiger partial charge in [-0.2, -0.15) is 0 Å². The molecule has 0 aromatic heterocycles. The second kappa shape index (κ2) is 7.65. The van der Waals surface area contributed by atoms with Gasteiger partial charge in [0.05, 0.1) is 11.5 Å². The highest BCUT2D eigenvalue weighted by molar-refractivity contribution is 7.91. The lowest BCUT2D eigenvalue weighted by Gasteiger charge is -2.11. The summed E-state index contributed by atoms with van der Waals surface area (Å²) >= 11 is 0.